The molecule has 1 aromatic carbocycles. The lowest BCUT2D eigenvalue weighted by atomic mass is 9.91. The first-order chi connectivity index (χ1) is 10.3. The topological polar surface area (TPSA) is 73.1 Å². The maximum absolute atomic E-state index is 12.1. The standard InChI is InChI=1S/C16H8N2O3/c19-13-10-5-1-2-6-11(10)15-12(14(13)20)18-16(21-15)9-4-3-7-17-8-9/h1-8H. The third kappa shape index (κ3) is 1.64. The number of oxazole rings is 1. The predicted octanol–water partition coefficient (Wildman–Crippen LogP) is 2.78. The van der Waals surface area contributed by atoms with Crippen molar-refractivity contribution in [2.24, 2.45) is 0 Å². The van der Waals surface area contributed by atoms with Crippen LogP contribution < -0.4 is 0 Å². The quantitative estimate of drug-likeness (QED) is 0.639. The summed E-state index contributed by atoms with van der Waals surface area (Å²) in [5.74, 6) is -0.563. The van der Waals surface area contributed by atoms with E-state index in [-0.39, 0.29) is 11.6 Å². The molecule has 21 heavy (non-hydrogen) atoms. The largest absolute Gasteiger partial charge is 0.435 e. The smallest absolute Gasteiger partial charge is 0.255 e. The van der Waals surface area contributed by atoms with Crippen molar-refractivity contribution in [1.29, 1.82) is 0 Å². The molecule has 0 saturated carbocycles. The van der Waals surface area contributed by atoms with Gasteiger partial charge >= 0.3 is 0 Å². The Morgan fingerprint density at radius 1 is 0.905 bits per heavy atom. The lowest BCUT2D eigenvalue weighted by Crippen LogP contribution is -2.20. The molecule has 4 rings (SSSR count). The first kappa shape index (κ1) is 11.7. The highest BCUT2D eigenvalue weighted by Gasteiger charge is 2.35. The molecule has 0 radical (unpaired) electrons. The molecular weight excluding hydrogens is 268 g/mol. The first-order valence-electron chi connectivity index (χ1n) is 6.35. The van der Waals surface area contributed by atoms with Gasteiger partial charge in [0.25, 0.3) is 5.78 Å². The third-order valence-electron chi connectivity index (χ3n) is 3.37. The van der Waals surface area contributed by atoms with Gasteiger partial charge in [0, 0.05) is 23.5 Å². The number of pyridine rings is 1. The molecule has 2 aromatic heterocycles. The van der Waals surface area contributed by atoms with Crippen LogP contribution in [0.25, 0.3) is 22.8 Å². The summed E-state index contributed by atoms with van der Waals surface area (Å²) in [5.41, 5.74) is 1.67. The molecule has 1 aliphatic rings. The van der Waals surface area contributed by atoms with E-state index in [1.165, 1.54) is 0 Å². The van der Waals surface area contributed by atoms with Crippen LogP contribution in [0.4, 0.5) is 0 Å². The zero-order valence-electron chi connectivity index (χ0n) is 10.7. The number of fused-ring (bicyclic) bond motifs is 3. The maximum Gasteiger partial charge on any atom is 0.255 e. The van der Waals surface area contributed by atoms with E-state index in [0.29, 0.717) is 22.5 Å². The van der Waals surface area contributed by atoms with Crippen LogP contribution in [0.15, 0.2) is 53.2 Å². The van der Waals surface area contributed by atoms with Gasteiger partial charge in [-0.1, -0.05) is 24.3 Å². The van der Waals surface area contributed by atoms with Gasteiger partial charge in [-0.3, -0.25) is 14.6 Å². The molecule has 0 spiro atoms. The number of ketones is 2. The van der Waals surface area contributed by atoms with Crippen molar-refractivity contribution in [1.82, 2.24) is 9.97 Å². The second kappa shape index (κ2) is 4.21. The number of aromatic nitrogens is 2. The molecule has 1 aliphatic carbocycles. The molecule has 0 fully saturated rings. The van der Waals surface area contributed by atoms with Crippen molar-refractivity contribution < 1.29 is 14.0 Å². The summed E-state index contributed by atoms with van der Waals surface area (Å²) in [6, 6.07) is 10.4. The van der Waals surface area contributed by atoms with Crippen LogP contribution in [0.3, 0.4) is 0 Å². The van der Waals surface area contributed by atoms with Crippen molar-refractivity contribution in [3.63, 3.8) is 0 Å². The van der Waals surface area contributed by atoms with Crippen molar-refractivity contribution in [3.05, 3.63) is 60.0 Å². The van der Waals surface area contributed by atoms with Crippen molar-refractivity contribution in [2.45, 2.75) is 0 Å². The lowest BCUT2D eigenvalue weighted by molar-refractivity contribution is 0.0812. The molecule has 2 heterocycles. The van der Waals surface area contributed by atoms with Gasteiger partial charge in [0.15, 0.2) is 11.5 Å². The average molecular weight is 276 g/mol. The van der Waals surface area contributed by atoms with Crippen LogP contribution in [0.2, 0.25) is 0 Å². The highest BCUT2D eigenvalue weighted by Crippen LogP contribution is 2.36. The number of nitrogens with zero attached hydrogens (tertiary/aromatic N) is 2. The minimum atomic E-state index is -0.636. The molecule has 100 valence electrons. The fraction of sp³-hybridized carbons (Fsp3) is 0. The molecule has 5 nitrogen and oxygen atoms in total. The summed E-state index contributed by atoms with van der Waals surface area (Å²) in [4.78, 5) is 32.4. The van der Waals surface area contributed by atoms with Crippen LogP contribution in [-0.4, -0.2) is 21.5 Å². The Morgan fingerprint density at radius 2 is 1.71 bits per heavy atom. The molecule has 0 saturated heterocycles. The molecule has 0 aliphatic heterocycles. The summed E-state index contributed by atoms with van der Waals surface area (Å²) in [7, 11) is 0. The Bertz CT molecular complexity index is 882. The summed E-state index contributed by atoms with van der Waals surface area (Å²) in [5, 5.41) is 0. The van der Waals surface area contributed by atoms with Crippen molar-refractivity contribution in [3.8, 4) is 22.8 Å². The van der Waals surface area contributed by atoms with Crippen LogP contribution in [0.1, 0.15) is 20.8 Å². The minimum Gasteiger partial charge on any atom is -0.435 e. The Hall–Kier alpha value is -3.08. The third-order valence-corrected chi connectivity index (χ3v) is 3.37. The second-order valence-electron chi connectivity index (χ2n) is 4.64. The molecule has 0 amide bonds. The fourth-order valence-electron chi connectivity index (χ4n) is 2.38. The monoisotopic (exact) mass is 276 g/mol. The Morgan fingerprint density at radius 3 is 2.48 bits per heavy atom. The zero-order chi connectivity index (χ0) is 14.4. The number of benzene rings is 1. The van der Waals surface area contributed by atoms with E-state index in [0.717, 1.165) is 0 Å². The van der Waals surface area contributed by atoms with E-state index < -0.39 is 11.6 Å². The van der Waals surface area contributed by atoms with Crippen molar-refractivity contribution in [2.75, 3.05) is 0 Å². The lowest BCUT2D eigenvalue weighted by Gasteiger charge is -2.10. The predicted molar refractivity (Wildman–Crippen MR) is 73.8 cm³/mol. The zero-order valence-corrected chi connectivity index (χ0v) is 10.7. The van der Waals surface area contributed by atoms with Gasteiger partial charge in [-0.2, -0.15) is 0 Å². The van der Waals surface area contributed by atoms with E-state index in [2.05, 4.69) is 9.97 Å². The summed E-state index contributed by atoms with van der Waals surface area (Å²) >= 11 is 0. The van der Waals surface area contributed by atoms with Gasteiger partial charge < -0.3 is 4.42 Å². The molecular formula is C16H8N2O3. The highest BCUT2D eigenvalue weighted by molar-refractivity contribution is 6.52. The molecule has 0 unspecified atom stereocenters. The van der Waals surface area contributed by atoms with Gasteiger partial charge in [0.05, 0.1) is 5.56 Å². The van der Waals surface area contributed by atoms with E-state index in [1.807, 2.05) is 0 Å². The number of hydrogen-bond acceptors (Lipinski definition) is 5. The molecule has 0 N–H and O–H groups in total. The van der Waals surface area contributed by atoms with Crippen LogP contribution in [0, 0.1) is 0 Å². The number of carbonyl (C=O) groups excluding carboxylic acids is 2. The second-order valence-corrected chi connectivity index (χ2v) is 4.64. The Kier molecular flexibility index (Phi) is 2.35. The SMILES string of the molecule is O=C1C(=O)c2nc(-c3cccnc3)oc2-c2ccccc21. The number of hydrogen-bond donors (Lipinski definition) is 0. The highest BCUT2D eigenvalue weighted by atomic mass is 16.4. The van der Waals surface area contributed by atoms with Gasteiger partial charge in [-0.25, -0.2) is 4.98 Å². The van der Waals surface area contributed by atoms with Gasteiger partial charge in [0.1, 0.15) is 0 Å². The van der Waals surface area contributed by atoms with Crippen LogP contribution >= 0.6 is 0 Å². The fourth-order valence-corrected chi connectivity index (χ4v) is 2.38. The van der Waals surface area contributed by atoms with Crippen LogP contribution in [0.5, 0.6) is 0 Å². The number of Topliss-reactive ketones (excluding diaryl/α,β-unsaturated/α-hetero) is 2. The van der Waals surface area contributed by atoms with E-state index >= 15 is 0 Å². The minimum absolute atomic E-state index is 0.0672. The molecule has 0 atom stereocenters. The first-order valence-corrected chi connectivity index (χ1v) is 6.35. The Balaban J connectivity index is 1.97. The molecule has 5 heteroatoms. The summed E-state index contributed by atoms with van der Waals surface area (Å²) < 4.78 is 5.71. The Labute approximate surface area is 119 Å². The van der Waals surface area contributed by atoms with Crippen molar-refractivity contribution >= 4 is 11.6 Å². The van der Waals surface area contributed by atoms with E-state index in [1.54, 1.807) is 48.8 Å². The van der Waals surface area contributed by atoms with E-state index in [4.69, 9.17) is 4.42 Å². The summed E-state index contributed by atoms with van der Waals surface area (Å²) in [6.07, 6.45) is 3.23. The van der Waals surface area contributed by atoms with E-state index in [9.17, 15) is 9.59 Å². The number of rotatable bonds is 1. The number of carbonyl (C=O) groups is 2. The normalized spacial score (nSPS) is 13.0. The molecule has 3 aromatic rings. The average Bonchev–Trinajstić information content (AvgIpc) is 2.99. The maximum atomic E-state index is 12.1. The molecule has 0 bridgehead atoms. The van der Waals surface area contributed by atoms with Gasteiger partial charge in [-0.15, -0.1) is 0 Å². The summed E-state index contributed by atoms with van der Waals surface area (Å²) in [6.45, 7) is 0. The van der Waals surface area contributed by atoms with Gasteiger partial charge in [0.2, 0.25) is 11.7 Å². The van der Waals surface area contributed by atoms with Gasteiger partial charge in [-0.05, 0) is 12.1 Å². The van der Waals surface area contributed by atoms with Crippen LogP contribution in [-0.2, 0) is 0 Å².